The van der Waals surface area contributed by atoms with Gasteiger partial charge in [-0.3, -0.25) is 4.79 Å². The third-order valence-corrected chi connectivity index (χ3v) is 3.28. The molecule has 0 unspecified atom stereocenters. The molecule has 1 heterocycles. The van der Waals surface area contributed by atoms with Gasteiger partial charge in [-0.05, 0) is 33.8 Å². The Labute approximate surface area is 77.5 Å². The number of nitrogens with two attached hydrogens (primary N) is 1. The van der Waals surface area contributed by atoms with Crippen LogP contribution in [0.3, 0.4) is 0 Å². The van der Waals surface area contributed by atoms with E-state index in [1.165, 1.54) is 4.88 Å². The summed E-state index contributed by atoms with van der Waals surface area (Å²) in [5, 5.41) is 1.99. The minimum absolute atomic E-state index is 0.245. The summed E-state index contributed by atoms with van der Waals surface area (Å²) in [5.41, 5.74) is 5.01. The molecule has 60 valence electrons. The third-order valence-electron chi connectivity index (χ3n) is 1.29. The summed E-state index contributed by atoms with van der Waals surface area (Å²) < 4.78 is 1.07. The predicted octanol–water partition coefficient (Wildman–Crippen LogP) is 1.93. The Hall–Kier alpha value is -0.350. The molecule has 0 fully saturated rings. The third kappa shape index (κ3) is 2.63. The topological polar surface area (TPSA) is 43.1 Å². The van der Waals surface area contributed by atoms with Crippen molar-refractivity contribution in [2.24, 2.45) is 5.73 Å². The maximum atomic E-state index is 10.4. The standard InChI is InChI=1S/C7H8BrNOS/c8-5-3-4-11-6(5)1-2-7(9)10/h3-4H,1-2H2,(H2,9,10). The smallest absolute Gasteiger partial charge is 0.217 e. The second kappa shape index (κ2) is 3.88. The molecule has 0 aliphatic rings. The summed E-state index contributed by atoms with van der Waals surface area (Å²) in [6, 6.07) is 1.97. The second-order valence-corrected chi connectivity index (χ2v) is 4.01. The number of carbonyl (C=O) groups excluding carboxylic acids is 1. The number of halogens is 1. The van der Waals surface area contributed by atoms with Gasteiger partial charge in [0.05, 0.1) is 0 Å². The van der Waals surface area contributed by atoms with E-state index in [-0.39, 0.29) is 5.91 Å². The van der Waals surface area contributed by atoms with Crippen LogP contribution in [0, 0.1) is 0 Å². The van der Waals surface area contributed by atoms with Crippen molar-refractivity contribution in [1.82, 2.24) is 0 Å². The van der Waals surface area contributed by atoms with Gasteiger partial charge < -0.3 is 5.73 Å². The average Bonchev–Trinajstić information content (AvgIpc) is 2.31. The molecular formula is C7H8BrNOS. The van der Waals surface area contributed by atoms with Crippen molar-refractivity contribution in [1.29, 1.82) is 0 Å². The minimum atomic E-state index is -0.245. The molecule has 4 heteroatoms. The number of thiophene rings is 1. The van der Waals surface area contributed by atoms with E-state index in [1.807, 2.05) is 11.4 Å². The first-order valence-electron chi connectivity index (χ1n) is 3.20. The maximum absolute atomic E-state index is 10.4. The van der Waals surface area contributed by atoms with Gasteiger partial charge in [0, 0.05) is 15.8 Å². The average molecular weight is 234 g/mol. The van der Waals surface area contributed by atoms with Crippen molar-refractivity contribution in [3.8, 4) is 0 Å². The summed E-state index contributed by atoms with van der Waals surface area (Å²) in [4.78, 5) is 11.6. The number of hydrogen-bond acceptors (Lipinski definition) is 2. The van der Waals surface area contributed by atoms with E-state index in [0.29, 0.717) is 6.42 Å². The molecule has 0 atom stereocenters. The van der Waals surface area contributed by atoms with Gasteiger partial charge in [0.2, 0.25) is 5.91 Å². The van der Waals surface area contributed by atoms with Crippen molar-refractivity contribution in [3.05, 3.63) is 20.8 Å². The van der Waals surface area contributed by atoms with E-state index in [2.05, 4.69) is 15.9 Å². The molecule has 2 nitrogen and oxygen atoms in total. The zero-order valence-corrected chi connectivity index (χ0v) is 8.24. The molecule has 1 rings (SSSR count). The van der Waals surface area contributed by atoms with E-state index < -0.39 is 0 Å². The molecule has 0 saturated carbocycles. The van der Waals surface area contributed by atoms with Crippen LogP contribution >= 0.6 is 27.3 Å². The number of hydrogen-bond donors (Lipinski definition) is 1. The lowest BCUT2D eigenvalue weighted by Gasteiger charge is -1.93. The van der Waals surface area contributed by atoms with Crippen LogP contribution in [0.25, 0.3) is 0 Å². The van der Waals surface area contributed by atoms with E-state index >= 15 is 0 Å². The summed E-state index contributed by atoms with van der Waals surface area (Å²) in [5.74, 6) is -0.245. The number of carbonyl (C=O) groups is 1. The SMILES string of the molecule is NC(=O)CCc1sccc1Br. The summed E-state index contributed by atoms with van der Waals surface area (Å²) in [6.45, 7) is 0. The normalized spacial score (nSPS) is 9.91. The highest BCUT2D eigenvalue weighted by Crippen LogP contribution is 2.23. The lowest BCUT2D eigenvalue weighted by molar-refractivity contribution is -0.117. The monoisotopic (exact) mass is 233 g/mol. The molecule has 0 spiro atoms. The quantitative estimate of drug-likeness (QED) is 0.853. The molecule has 1 aromatic heterocycles. The first-order chi connectivity index (χ1) is 5.20. The fraction of sp³-hybridized carbons (Fsp3) is 0.286. The molecule has 11 heavy (non-hydrogen) atoms. The molecule has 0 aromatic carbocycles. The Morgan fingerprint density at radius 2 is 2.45 bits per heavy atom. The number of rotatable bonds is 3. The van der Waals surface area contributed by atoms with Gasteiger partial charge in [-0.2, -0.15) is 0 Å². The first kappa shape index (κ1) is 8.74. The van der Waals surface area contributed by atoms with Gasteiger partial charge in [-0.15, -0.1) is 11.3 Å². The van der Waals surface area contributed by atoms with Crippen LogP contribution in [-0.2, 0) is 11.2 Å². The number of aryl methyl sites for hydroxylation is 1. The minimum Gasteiger partial charge on any atom is -0.370 e. The lowest BCUT2D eigenvalue weighted by atomic mass is 10.2. The van der Waals surface area contributed by atoms with Crippen LogP contribution in [0.1, 0.15) is 11.3 Å². The van der Waals surface area contributed by atoms with Crippen molar-refractivity contribution < 1.29 is 4.79 Å². The highest BCUT2D eigenvalue weighted by atomic mass is 79.9. The Bertz CT molecular complexity index is 259. The zero-order valence-electron chi connectivity index (χ0n) is 5.84. The van der Waals surface area contributed by atoms with E-state index in [0.717, 1.165) is 10.9 Å². The van der Waals surface area contributed by atoms with Gasteiger partial charge >= 0.3 is 0 Å². The van der Waals surface area contributed by atoms with Crippen LogP contribution in [0.15, 0.2) is 15.9 Å². The largest absolute Gasteiger partial charge is 0.370 e. The fourth-order valence-corrected chi connectivity index (χ4v) is 2.29. The van der Waals surface area contributed by atoms with Crippen LogP contribution < -0.4 is 5.73 Å². The lowest BCUT2D eigenvalue weighted by Crippen LogP contribution is -2.10. The summed E-state index contributed by atoms with van der Waals surface area (Å²) >= 11 is 5.01. The zero-order chi connectivity index (χ0) is 8.27. The van der Waals surface area contributed by atoms with Crippen LogP contribution in [0.5, 0.6) is 0 Å². The summed E-state index contributed by atoms with van der Waals surface area (Å²) in [7, 11) is 0. The van der Waals surface area contributed by atoms with E-state index in [9.17, 15) is 4.79 Å². The Morgan fingerprint density at radius 1 is 1.73 bits per heavy atom. The van der Waals surface area contributed by atoms with Gasteiger partial charge in [0.1, 0.15) is 0 Å². The van der Waals surface area contributed by atoms with E-state index in [4.69, 9.17) is 5.73 Å². The van der Waals surface area contributed by atoms with Crippen LogP contribution in [0.2, 0.25) is 0 Å². The van der Waals surface area contributed by atoms with E-state index in [1.54, 1.807) is 11.3 Å². The molecule has 1 aromatic rings. The Balaban J connectivity index is 2.51. The van der Waals surface area contributed by atoms with Gasteiger partial charge in [0.15, 0.2) is 0 Å². The van der Waals surface area contributed by atoms with Crippen molar-refractivity contribution in [2.45, 2.75) is 12.8 Å². The fourth-order valence-electron chi connectivity index (χ4n) is 0.740. The van der Waals surface area contributed by atoms with Crippen molar-refractivity contribution in [2.75, 3.05) is 0 Å². The second-order valence-electron chi connectivity index (χ2n) is 2.16. The van der Waals surface area contributed by atoms with Crippen LogP contribution in [-0.4, -0.2) is 5.91 Å². The molecule has 0 aliphatic carbocycles. The van der Waals surface area contributed by atoms with Crippen molar-refractivity contribution in [3.63, 3.8) is 0 Å². The molecule has 2 N–H and O–H groups in total. The van der Waals surface area contributed by atoms with Gasteiger partial charge in [-0.1, -0.05) is 0 Å². The van der Waals surface area contributed by atoms with Crippen LogP contribution in [0.4, 0.5) is 0 Å². The summed E-state index contributed by atoms with van der Waals surface area (Å²) in [6.07, 6.45) is 1.17. The highest BCUT2D eigenvalue weighted by Gasteiger charge is 2.02. The molecule has 0 saturated heterocycles. The Morgan fingerprint density at radius 3 is 2.91 bits per heavy atom. The predicted molar refractivity (Wildman–Crippen MR) is 49.5 cm³/mol. The molecule has 0 radical (unpaired) electrons. The molecular weight excluding hydrogens is 226 g/mol. The van der Waals surface area contributed by atoms with Crippen molar-refractivity contribution >= 4 is 33.2 Å². The maximum Gasteiger partial charge on any atom is 0.217 e. The molecule has 0 aliphatic heterocycles. The first-order valence-corrected chi connectivity index (χ1v) is 4.87. The molecule has 1 amide bonds. The van der Waals surface area contributed by atoms with Gasteiger partial charge in [-0.25, -0.2) is 0 Å². The highest BCUT2D eigenvalue weighted by molar-refractivity contribution is 9.10. The molecule has 0 bridgehead atoms. The number of primary amides is 1. The van der Waals surface area contributed by atoms with Gasteiger partial charge in [0.25, 0.3) is 0 Å². The number of amides is 1. The Kier molecular flexibility index (Phi) is 3.08.